The molecule has 8 heteroatoms. The Labute approximate surface area is 174 Å². The summed E-state index contributed by atoms with van der Waals surface area (Å²) < 4.78 is 6.14. The summed E-state index contributed by atoms with van der Waals surface area (Å²) in [6.07, 6.45) is 3.93. The van der Waals surface area contributed by atoms with E-state index in [-0.39, 0.29) is 16.6 Å². The Morgan fingerprint density at radius 2 is 1.83 bits per heavy atom. The fourth-order valence-electron chi connectivity index (χ4n) is 4.10. The van der Waals surface area contributed by atoms with Gasteiger partial charge in [-0.15, -0.1) is 0 Å². The highest BCUT2D eigenvalue weighted by Crippen LogP contribution is 2.44. The van der Waals surface area contributed by atoms with E-state index in [2.05, 4.69) is 5.32 Å². The van der Waals surface area contributed by atoms with Crippen LogP contribution in [0.25, 0.3) is 0 Å². The molecule has 0 aromatic heterocycles. The van der Waals surface area contributed by atoms with Gasteiger partial charge in [-0.3, -0.25) is 20.3 Å². The van der Waals surface area contributed by atoms with Crippen LogP contribution >= 0.6 is 0 Å². The summed E-state index contributed by atoms with van der Waals surface area (Å²) in [7, 11) is 0. The lowest BCUT2D eigenvalue weighted by atomic mass is 9.94. The van der Waals surface area contributed by atoms with Crippen molar-refractivity contribution in [3.05, 3.63) is 75.1 Å². The molecule has 2 aromatic carbocycles. The van der Waals surface area contributed by atoms with E-state index in [9.17, 15) is 14.9 Å². The smallest absolute Gasteiger partial charge is 0.326 e. The van der Waals surface area contributed by atoms with Crippen LogP contribution in [0, 0.1) is 30.9 Å². The minimum absolute atomic E-state index is 0.117. The van der Waals surface area contributed by atoms with Crippen molar-refractivity contribution in [3.8, 4) is 5.75 Å². The van der Waals surface area contributed by atoms with E-state index in [0.29, 0.717) is 30.0 Å². The third kappa shape index (κ3) is 3.24. The molecule has 0 aliphatic carbocycles. The second-order valence-electron chi connectivity index (χ2n) is 7.94. The van der Waals surface area contributed by atoms with Crippen molar-refractivity contribution in [2.45, 2.75) is 39.8 Å². The van der Waals surface area contributed by atoms with E-state index >= 15 is 0 Å². The first-order chi connectivity index (χ1) is 14.2. The molecule has 0 spiro atoms. The Morgan fingerprint density at radius 1 is 1.13 bits per heavy atom. The number of hydrogen-bond donors (Lipinski definition) is 1. The van der Waals surface area contributed by atoms with Gasteiger partial charge in [-0.25, -0.2) is 4.79 Å². The van der Waals surface area contributed by atoms with Crippen LogP contribution in [0.4, 0.5) is 16.2 Å². The van der Waals surface area contributed by atoms with Crippen molar-refractivity contribution in [2.24, 2.45) is 0 Å². The summed E-state index contributed by atoms with van der Waals surface area (Å²) in [5, 5.41) is 14.5. The highest BCUT2D eigenvalue weighted by molar-refractivity contribution is 5.78. The van der Waals surface area contributed by atoms with Gasteiger partial charge in [0, 0.05) is 46.8 Å². The second-order valence-corrected chi connectivity index (χ2v) is 7.94. The zero-order valence-electron chi connectivity index (χ0n) is 17.4. The number of nitro benzene ring substituents is 1. The predicted molar refractivity (Wildman–Crippen MR) is 113 cm³/mol. The van der Waals surface area contributed by atoms with Crippen LogP contribution in [0.5, 0.6) is 5.75 Å². The summed E-state index contributed by atoms with van der Waals surface area (Å²) in [4.78, 5) is 27.6. The van der Waals surface area contributed by atoms with E-state index in [1.165, 1.54) is 0 Å². The van der Waals surface area contributed by atoms with Crippen molar-refractivity contribution >= 4 is 17.4 Å². The van der Waals surface area contributed by atoms with E-state index in [1.54, 1.807) is 31.9 Å². The fourth-order valence-corrected chi connectivity index (χ4v) is 4.10. The van der Waals surface area contributed by atoms with Crippen LogP contribution in [-0.2, 0) is 6.42 Å². The number of para-hydroxylation sites is 1. The monoisotopic (exact) mass is 408 g/mol. The van der Waals surface area contributed by atoms with Gasteiger partial charge in [0.05, 0.1) is 4.92 Å². The van der Waals surface area contributed by atoms with Crippen LogP contribution in [0.2, 0.25) is 0 Å². The number of rotatable bonds is 3. The third-order valence-electron chi connectivity index (χ3n) is 5.82. The molecule has 0 radical (unpaired) electrons. The SMILES string of the molecule is Cc1c(C)c([N+](=O)[O-])c(C)c2c1OC(C)(NC(=O)N1C=CN(c3ccccc3)C1)C2. The average molecular weight is 408 g/mol. The molecule has 0 bridgehead atoms. The molecule has 1 unspecified atom stereocenters. The number of urea groups is 1. The van der Waals surface area contributed by atoms with Crippen molar-refractivity contribution < 1.29 is 14.5 Å². The number of nitrogens with zero attached hydrogens (tertiary/aromatic N) is 3. The first-order valence-electron chi connectivity index (χ1n) is 9.75. The molecule has 8 nitrogen and oxygen atoms in total. The van der Waals surface area contributed by atoms with Crippen molar-refractivity contribution in [1.82, 2.24) is 10.2 Å². The van der Waals surface area contributed by atoms with Gasteiger partial charge in [0.2, 0.25) is 0 Å². The summed E-state index contributed by atoms with van der Waals surface area (Å²) >= 11 is 0. The molecule has 2 aliphatic heterocycles. The number of amides is 2. The van der Waals surface area contributed by atoms with Crippen molar-refractivity contribution in [1.29, 1.82) is 0 Å². The van der Waals surface area contributed by atoms with Crippen LogP contribution in [0.15, 0.2) is 42.7 Å². The van der Waals surface area contributed by atoms with E-state index in [1.807, 2.05) is 48.4 Å². The number of nitrogens with one attached hydrogen (secondary N) is 1. The highest BCUT2D eigenvalue weighted by atomic mass is 16.6. The lowest BCUT2D eigenvalue weighted by Gasteiger charge is -2.28. The Morgan fingerprint density at radius 3 is 2.50 bits per heavy atom. The largest absolute Gasteiger partial charge is 0.467 e. The normalized spacial score (nSPS) is 19.6. The standard InChI is InChI=1S/C22H24N4O4/c1-14-15(2)20-18(16(3)19(14)26(28)29)12-22(4,30-20)23-21(27)25-11-10-24(13-25)17-8-6-5-7-9-17/h5-11H,12-13H2,1-4H3,(H,23,27). The molecule has 156 valence electrons. The first kappa shape index (κ1) is 19.8. The number of anilines is 1. The Balaban J connectivity index is 1.51. The Hall–Kier alpha value is -3.55. The molecule has 4 rings (SSSR count). The summed E-state index contributed by atoms with van der Waals surface area (Å²) in [5.74, 6) is 0.626. The molecule has 30 heavy (non-hydrogen) atoms. The zero-order valence-corrected chi connectivity index (χ0v) is 17.4. The molecule has 1 atom stereocenters. The third-order valence-corrected chi connectivity index (χ3v) is 5.82. The van der Waals surface area contributed by atoms with Gasteiger partial charge in [-0.05, 0) is 39.8 Å². The van der Waals surface area contributed by atoms with Gasteiger partial charge in [0.25, 0.3) is 5.69 Å². The number of carbonyl (C=O) groups is 1. The molecule has 2 amide bonds. The average Bonchev–Trinajstić information content (AvgIpc) is 3.32. The Bertz CT molecular complexity index is 1070. The van der Waals surface area contributed by atoms with Crippen LogP contribution in [0.1, 0.15) is 29.2 Å². The van der Waals surface area contributed by atoms with Crippen LogP contribution in [0.3, 0.4) is 0 Å². The second kappa shape index (κ2) is 7.05. The molecule has 1 N–H and O–H groups in total. The molecular weight excluding hydrogens is 384 g/mol. The number of fused-ring (bicyclic) bond motifs is 1. The number of benzene rings is 2. The van der Waals surface area contributed by atoms with E-state index < -0.39 is 5.72 Å². The van der Waals surface area contributed by atoms with Gasteiger partial charge in [0.15, 0.2) is 5.72 Å². The number of hydrogen-bond acceptors (Lipinski definition) is 5. The summed E-state index contributed by atoms with van der Waals surface area (Å²) in [6, 6.07) is 9.50. The van der Waals surface area contributed by atoms with E-state index in [0.717, 1.165) is 16.8 Å². The van der Waals surface area contributed by atoms with Gasteiger partial charge >= 0.3 is 6.03 Å². The van der Waals surface area contributed by atoms with Gasteiger partial charge < -0.3 is 9.64 Å². The lowest BCUT2D eigenvalue weighted by molar-refractivity contribution is -0.386. The minimum atomic E-state index is -0.982. The fraction of sp³-hybridized carbons (Fsp3) is 0.318. The summed E-state index contributed by atoms with van der Waals surface area (Å²) in [6.45, 7) is 7.46. The highest BCUT2D eigenvalue weighted by Gasteiger charge is 2.42. The summed E-state index contributed by atoms with van der Waals surface area (Å²) in [5.41, 5.74) is 2.82. The maximum absolute atomic E-state index is 12.9. The maximum atomic E-state index is 12.9. The molecule has 0 saturated carbocycles. The lowest BCUT2D eigenvalue weighted by Crippen LogP contribution is -2.53. The van der Waals surface area contributed by atoms with Gasteiger partial charge in [-0.1, -0.05) is 18.2 Å². The first-order valence-corrected chi connectivity index (χ1v) is 9.75. The molecule has 0 fully saturated rings. The van der Waals surface area contributed by atoms with Crippen LogP contribution < -0.4 is 15.0 Å². The zero-order chi connectivity index (χ0) is 21.6. The van der Waals surface area contributed by atoms with Gasteiger partial charge in [-0.2, -0.15) is 0 Å². The topological polar surface area (TPSA) is 87.9 Å². The maximum Gasteiger partial charge on any atom is 0.326 e. The Kier molecular flexibility index (Phi) is 4.64. The molecule has 2 aromatic rings. The predicted octanol–water partition coefficient (Wildman–Crippen LogP) is 4.13. The van der Waals surface area contributed by atoms with Crippen molar-refractivity contribution in [2.75, 3.05) is 11.6 Å². The number of nitro groups is 1. The minimum Gasteiger partial charge on any atom is -0.467 e. The quantitative estimate of drug-likeness (QED) is 0.609. The van der Waals surface area contributed by atoms with Crippen LogP contribution in [-0.4, -0.2) is 28.2 Å². The number of ether oxygens (including phenoxy) is 1. The molecule has 2 aliphatic rings. The number of carbonyl (C=O) groups excluding carboxylic acids is 1. The molecular formula is C22H24N4O4. The molecule has 0 saturated heterocycles. The van der Waals surface area contributed by atoms with Gasteiger partial charge in [0.1, 0.15) is 12.4 Å². The molecule has 2 heterocycles. The van der Waals surface area contributed by atoms with Crippen molar-refractivity contribution in [3.63, 3.8) is 0 Å². The van der Waals surface area contributed by atoms with E-state index in [4.69, 9.17) is 4.74 Å².